The lowest BCUT2D eigenvalue weighted by Gasteiger charge is -2.23. The van der Waals surface area contributed by atoms with Crippen LogP contribution in [0, 0.1) is 75.8 Å². The van der Waals surface area contributed by atoms with Crippen LogP contribution in [0.4, 0.5) is 0 Å². The van der Waals surface area contributed by atoms with E-state index < -0.39 is 34.3 Å². The lowest BCUT2D eigenvalue weighted by atomic mass is 9.92. The number of hydrogen-bond acceptors (Lipinski definition) is 0. The average Bonchev–Trinajstić information content (AvgIpc) is 1.59. The summed E-state index contributed by atoms with van der Waals surface area (Å²) in [6, 6.07) is 78.5. The maximum atomic E-state index is 7.82. The molecule has 0 saturated carbocycles. The Bertz CT molecular complexity index is 7500. The summed E-state index contributed by atoms with van der Waals surface area (Å²) in [5.41, 5.74) is 36.2. The van der Waals surface area contributed by atoms with Gasteiger partial charge in [-0.15, -0.1) is 0 Å². The van der Waals surface area contributed by atoms with Gasteiger partial charge < -0.3 is 22.8 Å². The number of fused-ring (bicyclic) bond motifs is 2. The number of nitrogens with zero attached hydrogens (tertiary/aromatic N) is 10. The van der Waals surface area contributed by atoms with Gasteiger partial charge in [0.1, 0.15) is 63.7 Å². The molecule has 0 aliphatic carbocycles. The number of benzene rings is 7. The lowest BCUT2D eigenvalue weighted by molar-refractivity contribution is -0.661. The van der Waals surface area contributed by atoms with Gasteiger partial charge in [-0.1, -0.05) is 224 Å². The average molecular weight is 1740 g/mol. The van der Waals surface area contributed by atoms with E-state index in [0.717, 1.165) is 102 Å². The monoisotopic (exact) mass is 1740 g/mol. The maximum absolute atomic E-state index is 7.82. The van der Waals surface area contributed by atoms with Crippen LogP contribution in [-0.4, -0.2) is 22.8 Å². The van der Waals surface area contributed by atoms with Gasteiger partial charge in [0.15, 0.2) is 31.0 Å². The minimum atomic E-state index is -2.13. The Labute approximate surface area is 798 Å². The van der Waals surface area contributed by atoms with E-state index in [2.05, 4.69) is 349 Å². The number of aryl methyl sites for hydroxylation is 16. The Morgan fingerprint density at radius 1 is 0.238 bits per heavy atom. The molecule has 0 unspecified atom stereocenters. The van der Waals surface area contributed by atoms with E-state index >= 15 is 0 Å². The van der Waals surface area contributed by atoms with E-state index in [9.17, 15) is 0 Å². The van der Waals surface area contributed by atoms with Crippen LogP contribution in [0.25, 0.3) is 107 Å². The summed E-state index contributed by atoms with van der Waals surface area (Å²) in [5, 5.41) is 2.41. The first-order chi connectivity index (χ1) is 68.0. The number of rotatable bonds is 17. The van der Waals surface area contributed by atoms with Crippen LogP contribution in [0.15, 0.2) is 280 Å². The predicted octanol–water partition coefficient (Wildman–Crippen LogP) is 28.4. The van der Waals surface area contributed by atoms with Gasteiger partial charge >= 0.3 is 0 Å². The minimum absolute atomic E-state index is 0.344. The zero-order valence-electron chi connectivity index (χ0n) is 96.1. The fourth-order valence-corrected chi connectivity index (χ4v) is 18.6. The summed E-state index contributed by atoms with van der Waals surface area (Å²) >= 11 is 0. The fourth-order valence-electron chi connectivity index (χ4n) is 18.6. The highest BCUT2D eigenvalue weighted by atomic mass is 15.1. The van der Waals surface area contributed by atoms with E-state index in [1.165, 1.54) is 77.7 Å². The molecule has 0 aliphatic heterocycles. The van der Waals surface area contributed by atoms with Crippen LogP contribution in [0.1, 0.15) is 259 Å². The van der Waals surface area contributed by atoms with Gasteiger partial charge in [-0.25, -0.2) is 0 Å². The molecule has 10 heterocycles. The molecule has 668 valence electrons. The first-order valence-electron chi connectivity index (χ1n) is 53.4. The third-order valence-electron chi connectivity index (χ3n) is 25.3. The molecule has 130 heavy (non-hydrogen) atoms. The summed E-state index contributed by atoms with van der Waals surface area (Å²) in [6.07, 6.45) is 14.9. The summed E-state index contributed by atoms with van der Waals surface area (Å²) in [7, 11) is 9.58. The van der Waals surface area contributed by atoms with Crippen molar-refractivity contribution in [1.82, 2.24) is 22.8 Å². The molecule has 0 N–H and O–H groups in total. The topological polar surface area (TPSA) is 44.0 Å². The largest absolute Gasteiger partial charge is 0.311 e. The molecule has 10 aromatic heterocycles. The third kappa shape index (κ3) is 19.6. The first-order valence-corrected chi connectivity index (χ1v) is 45.9. The minimum Gasteiger partial charge on any atom is -0.311 e. The highest BCUT2D eigenvalue weighted by molar-refractivity contribution is 5.94. The van der Waals surface area contributed by atoms with Gasteiger partial charge in [0.25, 0.3) is 0 Å². The van der Waals surface area contributed by atoms with Crippen molar-refractivity contribution in [3.63, 3.8) is 0 Å². The van der Waals surface area contributed by atoms with Crippen molar-refractivity contribution >= 4 is 21.8 Å². The molecule has 0 spiro atoms. The van der Waals surface area contributed by atoms with Crippen LogP contribution in [0.3, 0.4) is 0 Å². The van der Waals surface area contributed by atoms with Crippen molar-refractivity contribution in [2.45, 2.75) is 214 Å². The highest BCUT2D eigenvalue weighted by Crippen LogP contribution is 2.44. The van der Waals surface area contributed by atoms with Crippen molar-refractivity contribution in [1.29, 1.82) is 0 Å². The second-order valence-electron chi connectivity index (χ2n) is 37.2. The van der Waals surface area contributed by atoms with Crippen LogP contribution >= 0.6 is 0 Å². The van der Waals surface area contributed by atoms with Crippen molar-refractivity contribution in [2.24, 2.45) is 35.2 Å². The van der Waals surface area contributed by atoms with E-state index in [1.54, 1.807) is 55.2 Å². The van der Waals surface area contributed by atoms with Crippen LogP contribution in [0.2, 0.25) is 0 Å². The standard InChI is InChI=1S/C28H33N2.C25H27N2.C24H31N2.C22H27N2.C21H25N2/c1-18(2)22-12-10-13-23(19(3)4)28(22)30-25-14-9-8-11-24(25)21(6)27(30)26-16-15-20(5)17-29(26)7;1-17(2)20-10-6-8-12-22(20)27-23-13-9-7-11-21(23)19(4)25(27)24-15-14-18(3)16-26(24)5;1-16(2)20-9-8-10-21(17(3)4)24(20)26-14-13-19(6)23(26)22-12-11-18(5)15-25(22)7;1-15(2)19-9-7-8-10-20(19)24-12-11-16(3)22(24)21-13-17(4)18(5)14-23(21)6;1-15(2)18-8-6-7-9-19(18)23-13-12-17(4)21(23)20-11-10-16(3)14-22(20)5/h8-19H,1-7H3;6-17H,1-5H3;8-17H,1-7H3;7-15H,1-6H3;6-15H,1-5H3/q5*+1/i5D3;3D3;2*5D3;3D3. The molecule has 7 aromatic carbocycles. The zero-order valence-corrected chi connectivity index (χ0v) is 81.1. The van der Waals surface area contributed by atoms with Gasteiger partial charge in [-0.2, -0.15) is 22.8 Å². The van der Waals surface area contributed by atoms with Crippen LogP contribution in [-0.2, 0) is 35.2 Å². The van der Waals surface area contributed by atoms with Crippen molar-refractivity contribution in [2.75, 3.05) is 0 Å². The van der Waals surface area contributed by atoms with Crippen molar-refractivity contribution < 1.29 is 43.4 Å². The summed E-state index contributed by atoms with van der Waals surface area (Å²) < 4.78 is 137. The van der Waals surface area contributed by atoms with Crippen LogP contribution < -0.4 is 22.8 Å². The number of aromatic nitrogens is 10. The molecule has 0 saturated heterocycles. The van der Waals surface area contributed by atoms with E-state index in [1.807, 2.05) is 95.3 Å². The third-order valence-corrected chi connectivity index (χ3v) is 25.3. The molecule has 17 rings (SSSR count). The summed E-state index contributed by atoms with van der Waals surface area (Å²) in [4.78, 5) is 0. The van der Waals surface area contributed by atoms with Gasteiger partial charge in [-0.3, -0.25) is 0 Å². The Morgan fingerprint density at radius 3 is 0.900 bits per heavy atom. The quantitative estimate of drug-likeness (QED) is 0.0816. The van der Waals surface area contributed by atoms with Crippen molar-refractivity contribution in [3.05, 3.63) is 380 Å². The van der Waals surface area contributed by atoms with Crippen LogP contribution in [0.5, 0.6) is 0 Å². The Kier molecular flexibility index (Phi) is 23.7. The molecule has 0 fully saturated rings. The van der Waals surface area contributed by atoms with E-state index in [4.69, 9.17) is 20.6 Å². The molecule has 17 aromatic rings. The molecule has 0 radical (unpaired) electrons. The van der Waals surface area contributed by atoms with E-state index in [-0.39, 0.29) is 0 Å². The second-order valence-corrected chi connectivity index (χ2v) is 37.2. The molecule has 10 heteroatoms. The lowest BCUT2D eigenvalue weighted by Crippen LogP contribution is -2.32. The molecule has 0 bridgehead atoms. The normalized spacial score (nSPS) is 13.7. The number of hydrogen-bond donors (Lipinski definition) is 0. The second kappa shape index (κ2) is 40.5. The summed E-state index contributed by atoms with van der Waals surface area (Å²) in [6.45, 7) is 33.0. The van der Waals surface area contributed by atoms with Gasteiger partial charge in [-0.05, 0) is 262 Å². The Morgan fingerprint density at radius 2 is 0.531 bits per heavy atom. The number of pyridine rings is 5. The van der Waals surface area contributed by atoms with Gasteiger partial charge in [0.05, 0.1) is 22.4 Å². The molecule has 0 aliphatic rings. The van der Waals surface area contributed by atoms with E-state index in [0.29, 0.717) is 69.2 Å². The highest BCUT2D eigenvalue weighted by Gasteiger charge is 2.31. The molecular weight excluding hydrogens is 1580 g/mol. The molecular formula is C120H143N10+5. The predicted molar refractivity (Wildman–Crippen MR) is 548 cm³/mol. The van der Waals surface area contributed by atoms with Gasteiger partial charge in [0, 0.05) is 125 Å². The van der Waals surface area contributed by atoms with Crippen molar-refractivity contribution in [3.8, 4) is 85.4 Å². The smallest absolute Gasteiger partial charge is 0.229 e. The Hall–Kier alpha value is -12.8. The molecule has 0 atom stereocenters. The fraction of sp³-hybridized carbons (Fsp3) is 0.308. The van der Waals surface area contributed by atoms with Gasteiger partial charge in [0.2, 0.25) is 28.5 Å². The maximum Gasteiger partial charge on any atom is 0.229 e. The first kappa shape index (κ1) is 76.1. The Balaban J connectivity index is 0.000000152. The SMILES string of the molecule is [2H]C([2H])([2H])c1c[n+](C)c(-c2c(C)ccn2-c2ccccc2C(C)C)cc1C.[2H]C([2H])([2H])c1ccc(-c2c(C)c3ccccc3n2-c2c(C(C)C)cccc2C(C)C)[n+](C)c1.[2H]C([2H])([2H])c1ccc(-c2c(C)c3ccccc3n2-c2ccccc2C(C)C)[n+](C)c1.[2H]C([2H])([2H])c1ccc(-c2c(C)ccn2-c2c(C(C)C)cccc2C(C)C)[n+](C)c1.[2H]C([2H])([2H])c1ccc(-c2c(C)ccn2-c2ccccc2C(C)C)[n+](C)c1. The molecule has 0 amide bonds. The number of para-hydroxylation sites is 7. The molecule has 10 nitrogen and oxygen atoms in total. The summed E-state index contributed by atoms with van der Waals surface area (Å²) in [5.74, 6) is 2.71. The zero-order chi connectivity index (χ0) is 106.